The van der Waals surface area contributed by atoms with Gasteiger partial charge in [-0.3, -0.25) is 9.36 Å². The molecule has 0 fully saturated rings. The van der Waals surface area contributed by atoms with E-state index in [9.17, 15) is 10.1 Å². The zero-order chi connectivity index (χ0) is 18.1. The van der Waals surface area contributed by atoms with Crippen LogP contribution in [0.1, 0.15) is 50.2 Å². The molecular weight excluding hydrogens is 336 g/mol. The van der Waals surface area contributed by atoms with Crippen molar-refractivity contribution in [3.63, 3.8) is 0 Å². The van der Waals surface area contributed by atoms with Gasteiger partial charge >= 0.3 is 0 Å². The number of aromatic nitrogens is 2. The molecule has 128 valence electrons. The largest absolute Gasteiger partial charge is 0.443 e. The Labute approximate surface area is 149 Å². The molecule has 0 spiro atoms. The number of hydrogen-bond donors (Lipinski definition) is 1. The fourth-order valence-electron chi connectivity index (χ4n) is 2.84. The van der Waals surface area contributed by atoms with E-state index in [0.717, 1.165) is 15.6 Å². The third kappa shape index (κ3) is 3.08. The number of furan rings is 1. The molecule has 0 bridgehead atoms. The predicted molar refractivity (Wildman–Crippen MR) is 95.0 cm³/mol. The number of thiazole rings is 1. The molecule has 1 N–H and O–H groups in total. The highest BCUT2D eigenvalue weighted by molar-refractivity contribution is 7.11. The first kappa shape index (κ1) is 17.0. The highest BCUT2D eigenvalue weighted by Gasteiger charge is 2.26. The van der Waals surface area contributed by atoms with E-state index in [1.165, 1.54) is 0 Å². The Balaban J connectivity index is 1.93. The minimum absolute atomic E-state index is 0.199. The normalized spacial score (nSPS) is 12.0. The highest BCUT2D eigenvalue weighted by atomic mass is 32.1. The molecule has 3 aromatic rings. The van der Waals surface area contributed by atoms with Crippen LogP contribution in [-0.4, -0.2) is 15.5 Å². The summed E-state index contributed by atoms with van der Waals surface area (Å²) in [7, 11) is 0. The van der Waals surface area contributed by atoms with Crippen LogP contribution in [0, 0.1) is 32.1 Å². The topological polar surface area (TPSA) is 83.8 Å². The zero-order valence-corrected chi connectivity index (χ0v) is 15.3. The number of amides is 1. The molecule has 0 aliphatic heterocycles. The van der Waals surface area contributed by atoms with Crippen LogP contribution in [0.3, 0.4) is 0 Å². The number of nitrogens with one attached hydrogen (secondary N) is 1. The summed E-state index contributed by atoms with van der Waals surface area (Å²) >= 11 is 1.56. The van der Waals surface area contributed by atoms with Crippen LogP contribution in [0.2, 0.25) is 0 Å². The Hall–Kier alpha value is -2.85. The average Bonchev–Trinajstić information content (AvgIpc) is 3.25. The van der Waals surface area contributed by atoms with E-state index in [4.69, 9.17) is 4.42 Å². The van der Waals surface area contributed by atoms with Crippen molar-refractivity contribution in [2.45, 2.75) is 33.7 Å². The van der Waals surface area contributed by atoms with E-state index in [-0.39, 0.29) is 23.1 Å². The maximum atomic E-state index is 12.8. The summed E-state index contributed by atoms with van der Waals surface area (Å²) in [5.41, 5.74) is 1.42. The van der Waals surface area contributed by atoms with Crippen molar-refractivity contribution in [1.29, 1.82) is 5.26 Å². The smallest absolute Gasteiger partial charge is 0.256 e. The molecule has 0 unspecified atom stereocenters. The Morgan fingerprint density at radius 2 is 2.04 bits per heavy atom. The Morgan fingerprint density at radius 3 is 2.60 bits per heavy atom. The van der Waals surface area contributed by atoms with Crippen LogP contribution in [0.4, 0.5) is 0 Å². The van der Waals surface area contributed by atoms with Crippen molar-refractivity contribution in [2.75, 3.05) is 0 Å². The summed E-state index contributed by atoms with van der Waals surface area (Å²) in [6, 6.07) is 5.56. The van der Waals surface area contributed by atoms with Gasteiger partial charge in [0.25, 0.3) is 5.91 Å². The summed E-state index contributed by atoms with van der Waals surface area (Å²) in [5, 5.41) is 13.5. The van der Waals surface area contributed by atoms with Gasteiger partial charge in [-0.25, -0.2) is 4.98 Å². The van der Waals surface area contributed by atoms with E-state index in [1.54, 1.807) is 35.2 Å². The standard InChI is InChI=1S/C18H18N4O2S/c1-10-16(25-13(4)20-10)11(2)21-17(23)15-12(3)24-18(14(15)9-19)22-7-5-6-8-22/h5-8,11H,1-4H3,(H,21,23)/t11-/m1/s1. The van der Waals surface area contributed by atoms with Crippen molar-refractivity contribution in [3.05, 3.63) is 57.0 Å². The molecular formula is C18H18N4O2S. The number of carbonyl (C=O) groups is 1. The molecule has 3 aromatic heterocycles. The van der Waals surface area contributed by atoms with Crippen LogP contribution in [0.15, 0.2) is 28.9 Å². The molecule has 1 amide bonds. The first-order chi connectivity index (χ1) is 11.9. The minimum atomic E-state index is -0.325. The fourth-order valence-corrected chi connectivity index (χ4v) is 3.77. The van der Waals surface area contributed by atoms with Crippen LogP contribution in [0.5, 0.6) is 0 Å². The van der Waals surface area contributed by atoms with Crippen LogP contribution in [-0.2, 0) is 0 Å². The molecule has 25 heavy (non-hydrogen) atoms. The Bertz CT molecular complexity index is 960. The first-order valence-corrected chi connectivity index (χ1v) is 8.65. The fraction of sp³-hybridized carbons (Fsp3) is 0.278. The van der Waals surface area contributed by atoms with Gasteiger partial charge in [0.1, 0.15) is 23.0 Å². The van der Waals surface area contributed by atoms with E-state index in [2.05, 4.69) is 16.4 Å². The number of nitriles is 1. The number of aryl methyl sites for hydroxylation is 3. The van der Waals surface area contributed by atoms with E-state index >= 15 is 0 Å². The summed E-state index contributed by atoms with van der Waals surface area (Å²) in [6.45, 7) is 7.46. The third-order valence-electron chi connectivity index (χ3n) is 3.92. The van der Waals surface area contributed by atoms with Crippen molar-refractivity contribution in [1.82, 2.24) is 14.9 Å². The molecule has 3 rings (SSSR count). The second kappa shape index (κ2) is 6.57. The molecule has 0 aromatic carbocycles. The molecule has 0 aliphatic carbocycles. The minimum Gasteiger partial charge on any atom is -0.443 e. The third-order valence-corrected chi connectivity index (χ3v) is 5.18. The van der Waals surface area contributed by atoms with Crippen LogP contribution in [0.25, 0.3) is 5.88 Å². The van der Waals surface area contributed by atoms with Crippen molar-refractivity contribution >= 4 is 17.2 Å². The van der Waals surface area contributed by atoms with Crippen LogP contribution < -0.4 is 5.32 Å². The summed E-state index contributed by atoms with van der Waals surface area (Å²) in [4.78, 5) is 18.2. The van der Waals surface area contributed by atoms with Gasteiger partial charge < -0.3 is 9.73 Å². The van der Waals surface area contributed by atoms with Gasteiger partial charge in [-0.1, -0.05) is 0 Å². The lowest BCUT2D eigenvalue weighted by atomic mass is 10.1. The molecule has 6 nitrogen and oxygen atoms in total. The summed E-state index contributed by atoms with van der Waals surface area (Å²) < 4.78 is 7.37. The van der Waals surface area contributed by atoms with Gasteiger partial charge in [-0.15, -0.1) is 11.3 Å². The van der Waals surface area contributed by atoms with Gasteiger partial charge in [0.2, 0.25) is 5.88 Å². The quantitative estimate of drug-likeness (QED) is 0.772. The predicted octanol–water partition coefficient (Wildman–Crippen LogP) is 3.81. The van der Waals surface area contributed by atoms with Gasteiger partial charge in [-0.05, 0) is 39.8 Å². The number of hydrogen-bond acceptors (Lipinski definition) is 5. The number of carbonyl (C=O) groups excluding carboxylic acids is 1. The maximum Gasteiger partial charge on any atom is 0.256 e. The molecule has 1 atom stereocenters. The average molecular weight is 354 g/mol. The van der Waals surface area contributed by atoms with Gasteiger partial charge in [0.05, 0.1) is 16.7 Å². The van der Waals surface area contributed by atoms with E-state index in [1.807, 2.05) is 32.9 Å². The van der Waals surface area contributed by atoms with Gasteiger partial charge in [0.15, 0.2) is 0 Å². The maximum absolute atomic E-state index is 12.8. The Morgan fingerprint density at radius 1 is 1.36 bits per heavy atom. The number of rotatable bonds is 4. The summed E-state index contributed by atoms with van der Waals surface area (Å²) in [6.07, 6.45) is 3.54. The number of nitrogens with zero attached hydrogens (tertiary/aromatic N) is 3. The van der Waals surface area contributed by atoms with E-state index < -0.39 is 0 Å². The molecule has 0 aliphatic rings. The van der Waals surface area contributed by atoms with Crippen LogP contribution >= 0.6 is 11.3 Å². The molecule has 0 saturated heterocycles. The second-order valence-corrected chi connectivity index (χ2v) is 7.03. The first-order valence-electron chi connectivity index (χ1n) is 7.84. The molecule has 0 radical (unpaired) electrons. The molecule has 7 heteroatoms. The SMILES string of the molecule is Cc1nc(C)c([C@@H](C)NC(=O)c2c(C)oc(-n3cccc3)c2C#N)s1. The molecule has 0 saturated carbocycles. The van der Waals surface area contributed by atoms with Crippen molar-refractivity contribution in [3.8, 4) is 12.0 Å². The lowest BCUT2D eigenvalue weighted by molar-refractivity contribution is 0.0938. The monoisotopic (exact) mass is 354 g/mol. The summed E-state index contributed by atoms with van der Waals surface area (Å²) in [5.74, 6) is 0.448. The highest BCUT2D eigenvalue weighted by Crippen LogP contribution is 2.28. The van der Waals surface area contributed by atoms with Gasteiger partial charge in [-0.2, -0.15) is 5.26 Å². The second-order valence-electron chi connectivity index (χ2n) is 5.79. The van der Waals surface area contributed by atoms with Crippen molar-refractivity contribution < 1.29 is 9.21 Å². The molecule has 3 heterocycles. The van der Waals surface area contributed by atoms with E-state index in [0.29, 0.717) is 11.6 Å². The van der Waals surface area contributed by atoms with Gasteiger partial charge in [0, 0.05) is 17.3 Å². The Kier molecular flexibility index (Phi) is 4.47. The van der Waals surface area contributed by atoms with Crippen molar-refractivity contribution in [2.24, 2.45) is 0 Å². The lowest BCUT2D eigenvalue weighted by Crippen LogP contribution is -2.27. The lowest BCUT2D eigenvalue weighted by Gasteiger charge is -2.12. The zero-order valence-electron chi connectivity index (χ0n) is 14.5.